The van der Waals surface area contributed by atoms with Crippen LogP contribution in [0.15, 0.2) is 83.2 Å². The Hall–Kier alpha value is -3.34. The molecule has 0 radical (unpaired) electrons. The van der Waals surface area contributed by atoms with Crippen molar-refractivity contribution in [2.45, 2.75) is 6.92 Å². The molecular weight excluding hydrogens is 315 g/mol. The molecule has 122 valence electrons. The van der Waals surface area contributed by atoms with Gasteiger partial charge in [-0.05, 0) is 48.9 Å². The van der Waals surface area contributed by atoms with Crippen LogP contribution in [-0.2, 0) is 0 Å². The zero-order chi connectivity index (χ0) is 17.2. The van der Waals surface area contributed by atoms with Gasteiger partial charge < -0.3 is 0 Å². The van der Waals surface area contributed by atoms with E-state index in [1.165, 1.54) is 12.1 Å². The highest BCUT2D eigenvalue weighted by Gasteiger charge is 2.13. The number of azo groups is 1. The molecule has 2 heterocycles. The second-order valence-corrected chi connectivity index (χ2v) is 5.76. The van der Waals surface area contributed by atoms with E-state index in [2.05, 4.69) is 10.2 Å². The molecule has 0 saturated carbocycles. The summed E-state index contributed by atoms with van der Waals surface area (Å²) in [7, 11) is 0. The highest BCUT2D eigenvalue weighted by atomic mass is 19.1. The van der Waals surface area contributed by atoms with Crippen molar-refractivity contribution in [2.75, 3.05) is 0 Å². The first-order valence-electron chi connectivity index (χ1n) is 7.92. The monoisotopic (exact) mass is 330 g/mol. The molecule has 0 atom stereocenters. The van der Waals surface area contributed by atoms with Crippen molar-refractivity contribution in [3.05, 3.63) is 84.3 Å². The lowest BCUT2D eigenvalue weighted by atomic mass is 10.1. The second kappa shape index (κ2) is 6.28. The summed E-state index contributed by atoms with van der Waals surface area (Å²) in [5.74, 6) is 0.347. The molecule has 5 heteroatoms. The molecule has 0 aliphatic heterocycles. The fourth-order valence-electron chi connectivity index (χ4n) is 2.63. The molecule has 0 unspecified atom stereocenters. The van der Waals surface area contributed by atoms with Gasteiger partial charge in [0.1, 0.15) is 17.2 Å². The first kappa shape index (κ1) is 15.2. The van der Waals surface area contributed by atoms with Crippen LogP contribution < -0.4 is 0 Å². The number of hydrogen-bond donors (Lipinski definition) is 0. The fourth-order valence-corrected chi connectivity index (χ4v) is 2.63. The number of hydrogen-bond acceptors (Lipinski definition) is 3. The van der Waals surface area contributed by atoms with Crippen LogP contribution in [0.4, 0.5) is 15.9 Å². The standard InChI is InChI=1S/C20H15FN4/c1-14-11-12-25-18(13-14)22-19(15-5-3-2-4-6-15)20(25)24-23-17-9-7-16(21)8-10-17/h2-13H,1H3. The van der Waals surface area contributed by atoms with Crippen molar-refractivity contribution in [3.63, 3.8) is 0 Å². The Morgan fingerprint density at radius 2 is 1.68 bits per heavy atom. The summed E-state index contributed by atoms with van der Waals surface area (Å²) < 4.78 is 15.0. The Bertz CT molecular complexity index is 1050. The SMILES string of the molecule is Cc1ccn2c(N=Nc3ccc(F)cc3)c(-c3ccccc3)nc2c1. The molecule has 0 bridgehead atoms. The second-order valence-electron chi connectivity index (χ2n) is 5.76. The van der Waals surface area contributed by atoms with Crippen LogP contribution >= 0.6 is 0 Å². The summed E-state index contributed by atoms with van der Waals surface area (Å²) in [5.41, 5.74) is 4.25. The number of imidazole rings is 1. The summed E-state index contributed by atoms with van der Waals surface area (Å²) >= 11 is 0. The average molecular weight is 330 g/mol. The zero-order valence-corrected chi connectivity index (χ0v) is 13.6. The van der Waals surface area contributed by atoms with E-state index in [9.17, 15) is 4.39 Å². The molecule has 2 aromatic heterocycles. The molecule has 0 amide bonds. The molecule has 25 heavy (non-hydrogen) atoms. The summed E-state index contributed by atoms with van der Waals surface area (Å²) in [6.07, 6.45) is 1.93. The van der Waals surface area contributed by atoms with E-state index < -0.39 is 0 Å². The Morgan fingerprint density at radius 1 is 0.920 bits per heavy atom. The van der Waals surface area contributed by atoms with E-state index >= 15 is 0 Å². The van der Waals surface area contributed by atoms with Gasteiger partial charge in [0.15, 0.2) is 5.82 Å². The van der Waals surface area contributed by atoms with Crippen molar-refractivity contribution < 1.29 is 4.39 Å². The van der Waals surface area contributed by atoms with Gasteiger partial charge in [0.2, 0.25) is 0 Å². The molecule has 0 aliphatic carbocycles. The lowest BCUT2D eigenvalue weighted by Gasteiger charge is -2.00. The fraction of sp³-hybridized carbons (Fsp3) is 0.0500. The Morgan fingerprint density at radius 3 is 2.44 bits per heavy atom. The molecule has 4 nitrogen and oxygen atoms in total. The number of nitrogens with zero attached hydrogens (tertiary/aromatic N) is 4. The highest BCUT2D eigenvalue weighted by molar-refractivity contribution is 5.74. The molecule has 0 fully saturated rings. The van der Waals surface area contributed by atoms with E-state index in [4.69, 9.17) is 4.98 Å². The third-order valence-corrected chi connectivity index (χ3v) is 3.89. The Balaban J connectivity index is 1.87. The summed E-state index contributed by atoms with van der Waals surface area (Å²) in [6, 6.07) is 19.8. The van der Waals surface area contributed by atoms with E-state index in [-0.39, 0.29) is 5.82 Å². The van der Waals surface area contributed by atoms with E-state index in [1.807, 2.05) is 60.0 Å². The Labute approximate surface area is 144 Å². The molecular formula is C20H15FN4. The normalized spacial score (nSPS) is 11.4. The summed E-state index contributed by atoms with van der Waals surface area (Å²) in [5, 5.41) is 8.65. The van der Waals surface area contributed by atoms with Gasteiger partial charge in [-0.15, -0.1) is 10.2 Å². The minimum absolute atomic E-state index is 0.297. The smallest absolute Gasteiger partial charge is 0.187 e. The first-order chi connectivity index (χ1) is 12.2. The van der Waals surface area contributed by atoms with Crippen molar-refractivity contribution in [2.24, 2.45) is 10.2 Å². The number of aryl methyl sites for hydroxylation is 1. The number of fused-ring (bicyclic) bond motifs is 1. The van der Waals surface area contributed by atoms with Crippen molar-refractivity contribution >= 4 is 17.2 Å². The molecule has 4 rings (SSSR count). The predicted molar refractivity (Wildman–Crippen MR) is 95.9 cm³/mol. The third kappa shape index (κ3) is 3.04. The predicted octanol–water partition coefficient (Wildman–Crippen LogP) is 5.86. The number of rotatable bonds is 3. The number of pyridine rings is 1. The maximum Gasteiger partial charge on any atom is 0.187 e. The highest BCUT2D eigenvalue weighted by Crippen LogP contribution is 2.32. The molecule has 0 saturated heterocycles. The van der Waals surface area contributed by atoms with Crippen LogP contribution in [0.5, 0.6) is 0 Å². The molecule has 0 N–H and O–H groups in total. The first-order valence-corrected chi connectivity index (χ1v) is 7.92. The Kier molecular flexibility index (Phi) is 3.82. The summed E-state index contributed by atoms with van der Waals surface area (Å²) in [6.45, 7) is 2.02. The average Bonchev–Trinajstić information content (AvgIpc) is 2.99. The van der Waals surface area contributed by atoms with Crippen LogP contribution in [0.1, 0.15) is 5.56 Å². The molecule has 0 spiro atoms. The van der Waals surface area contributed by atoms with Crippen LogP contribution in [0, 0.1) is 12.7 Å². The van der Waals surface area contributed by atoms with Crippen LogP contribution in [-0.4, -0.2) is 9.38 Å². The third-order valence-electron chi connectivity index (χ3n) is 3.89. The van der Waals surface area contributed by atoms with E-state index in [0.29, 0.717) is 11.5 Å². The van der Waals surface area contributed by atoms with Gasteiger partial charge in [-0.2, -0.15) is 0 Å². The van der Waals surface area contributed by atoms with Gasteiger partial charge in [-0.3, -0.25) is 4.40 Å². The maximum atomic E-state index is 13.0. The van der Waals surface area contributed by atoms with Gasteiger partial charge >= 0.3 is 0 Å². The van der Waals surface area contributed by atoms with Crippen molar-refractivity contribution in [1.82, 2.24) is 9.38 Å². The summed E-state index contributed by atoms with van der Waals surface area (Å²) in [4.78, 5) is 4.72. The van der Waals surface area contributed by atoms with E-state index in [1.54, 1.807) is 12.1 Å². The van der Waals surface area contributed by atoms with Crippen molar-refractivity contribution in [1.29, 1.82) is 0 Å². The number of halogens is 1. The number of aromatic nitrogens is 2. The minimum atomic E-state index is -0.297. The number of benzene rings is 2. The van der Waals surface area contributed by atoms with Gasteiger partial charge in [-0.1, -0.05) is 30.3 Å². The largest absolute Gasteiger partial charge is 0.283 e. The molecule has 2 aromatic carbocycles. The van der Waals surface area contributed by atoms with Gasteiger partial charge in [0, 0.05) is 11.8 Å². The maximum absolute atomic E-state index is 13.0. The van der Waals surface area contributed by atoms with Crippen LogP contribution in [0.2, 0.25) is 0 Å². The molecule has 0 aliphatic rings. The van der Waals surface area contributed by atoms with E-state index in [0.717, 1.165) is 22.5 Å². The zero-order valence-electron chi connectivity index (χ0n) is 13.6. The molecule has 4 aromatic rings. The quantitative estimate of drug-likeness (QED) is 0.433. The van der Waals surface area contributed by atoms with Crippen LogP contribution in [0.3, 0.4) is 0 Å². The lowest BCUT2D eigenvalue weighted by Crippen LogP contribution is -1.84. The minimum Gasteiger partial charge on any atom is -0.283 e. The van der Waals surface area contributed by atoms with Gasteiger partial charge in [0.25, 0.3) is 0 Å². The van der Waals surface area contributed by atoms with Crippen LogP contribution in [0.25, 0.3) is 16.9 Å². The van der Waals surface area contributed by atoms with Gasteiger partial charge in [-0.25, -0.2) is 9.37 Å². The topological polar surface area (TPSA) is 42.0 Å². The lowest BCUT2D eigenvalue weighted by molar-refractivity contribution is 0.628. The van der Waals surface area contributed by atoms with Gasteiger partial charge in [0.05, 0.1) is 5.69 Å². The van der Waals surface area contributed by atoms with Crippen molar-refractivity contribution in [3.8, 4) is 11.3 Å².